The van der Waals surface area contributed by atoms with Crippen LogP contribution in [0.25, 0.3) is 0 Å². The number of rotatable bonds is 7. The Kier molecular flexibility index (Phi) is 7.22. The summed E-state index contributed by atoms with van der Waals surface area (Å²) in [6.45, 7) is 6.63. The predicted molar refractivity (Wildman–Crippen MR) is 69.0 cm³/mol. The van der Waals surface area contributed by atoms with Gasteiger partial charge in [-0.2, -0.15) is 0 Å². The van der Waals surface area contributed by atoms with Crippen molar-refractivity contribution in [3.8, 4) is 24.7 Å². The molecule has 15 heavy (non-hydrogen) atoms. The first-order valence-corrected chi connectivity index (χ1v) is 8.25. The second-order valence-corrected chi connectivity index (χ2v) is 8.52. The molecule has 0 saturated carbocycles. The van der Waals surface area contributed by atoms with Crippen LogP contribution in [0, 0.1) is 24.7 Å². The van der Waals surface area contributed by atoms with Crippen molar-refractivity contribution in [2.24, 2.45) is 0 Å². The van der Waals surface area contributed by atoms with Crippen molar-refractivity contribution < 1.29 is 4.43 Å². The Bertz CT molecular complexity index is 218. The highest BCUT2D eigenvalue weighted by Crippen LogP contribution is 2.25. The molecule has 0 rings (SSSR count). The zero-order chi connectivity index (χ0) is 11.7. The van der Waals surface area contributed by atoms with Crippen molar-refractivity contribution in [3.05, 3.63) is 0 Å². The van der Waals surface area contributed by atoms with Crippen molar-refractivity contribution in [1.29, 1.82) is 0 Å². The van der Waals surface area contributed by atoms with E-state index in [-0.39, 0.29) is 6.10 Å². The monoisotopic (exact) mass is 222 g/mol. The molecular weight excluding hydrogens is 200 g/mol. The van der Waals surface area contributed by atoms with E-state index < -0.39 is 8.32 Å². The van der Waals surface area contributed by atoms with Gasteiger partial charge in [-0.3, -0.25) is 0 Å². The molecule has 0 unspecified atom stereocenters. The molecule has 0 aromatic rings. The van der Waals surface area contributed by atoms with Crippen LogP contribution < -0.4 is 0 Å². The van der Waals surface area contributed by atoms with E-state index in [4.69, 9.17) is 17.3 Å². The smallest absolute Gasteiger partial charge is 0.192 e. The molecule has 0 saturated heterocycles. The molecule has 0 heterocycles. The van der Waals surface area contributed by atoms with Gasteiger partial charge in [0.2, 0.25) is 0 Å². The summed E-state index contributed by atoms with van der Waals surface area (Å²) in [7, 11) is -1.55. The molecule has 0 aromatic carbocycles. The van der Waals surface area contributed by atoms with Crippen LogP contribution in [0.1, 0.15) is 33.6 Å². The lowest BCUT2D eigenvalue weighted by atomic mass is 10.2. The first-order chi connectivity index (χ1) is 7.17. The Hall–Kier alpha value is -0.703. The van der Waals surface area contributed by atoms with E-state index in [2.05, 4.69) is 32.6 Å². The van der Waals surface area contributed by atoms with E-state index in [1.165, 1.54) is 0 Å². The summed E-state index contributed by atoms with van der Waals surface area (Å²) < 4.78 is 6.22. The lowest BCUT2D eigenvalue weighted by Gasteiger charge is -2.32. The minimum Gasteiger partial charge on any atom is -0.412 e. The number of terminal acetylenes is 2. The molecule has 0 fully saturated rings. The topological polar surface area (TPSA) is 9.23 Å². The van der Waals surface area contributed by atoms with Gasteiger partial charge in [-0.05, 0) is 18.1 Å². The van der Waals surface area contributed by atoms with Crippen molar-refractivity contribution in [2.45, 2.75) is 57.8 Å². The van der Waals surface area contributed by atoms with Crippen LogP contribution in [0.4, 0.5) is 0 Å². The Balaban J connectivity index is 4.47. The van der Waals surface area contributed by atoms with Gasteiger partial charge in [0.1, 0.15) is 0 Å². The van der Waals surface area contributed by atoms with Crippen molar-refractivity contribution >= 4 is 8.32 Å². The van der Waals surface area contributed by atoms with Crippen LogP contribution >= 0.6 is 0 Å². The third kappa shape index (κ3) is 4.56. The van der Waals surface area contributed by atoms with E-state index in [1.807, 2.05) is 0 Å². The molecule has 0 bridgehead atoms. The van der Waals surface area contributed by atoms with E-state index >= 15 is 0 Å². The maximum atomic E-state index is 6.22. The third-order valence-corrected chi connectivity index (χ3v) is 7.74. The molecule has 84 valence electrons. The molecule has 0 spiro atoms. The summed E-state index contributed by atoms with van der Waals surface area (Å²) in [5.41, 5.74) is 0. The van der Waals surface area contributed by atoms with E-state index in [0.29, 0.717) is 12.8 Å². The van der Waals surface area contributed by atoms with Gasteiger partial charge in [0, 0.05) is 12.8 Å². The predicted octanol–water partition coefficient (Wildman–Crippen LogP) is 3.42. The largest absolute Gasteiger partial charge is 0.412 e. The molecule has 0 atom stereocenters. The van der Waals surface area contributed by atoms with E-state index in [9.17, 15) is 0 Å². The first kappa shape index (κ1) is 14.3. The van der Waals surface area contributed by atoms with Crippen LogP contribution in [0.2, 0.25) is 18.1 Å². The minimum absolute atomic E-state index is 0.0755. The fourth-order valence-electron chi connectivity index (χ4n) is 1.77. The molecule has 0 aromatic heterocycles. The summed E-state index contributed by atoms with van der Waals surface area (Å²) in [6, 6.07) is 3.43. The number of hydrogen-bond donors (Lipinski definition) is 0. The highest BCUT2D eigenvalue weighted by atomic mass is 28.4. The number of hydrogen-bond acceptors (Lipinski definition) is 1. The molecule has 0 aliphatic heterocycles. The van der Waals surface area contributed by atoms with Gasteiger partial charge in [-0.25, -0.2) is 0 Å². The Labute approximate surface area is 95.7 Å². The van der Waals surface area contributed by atoms with Crippen molar-refractivity contribution in [1.82, 2.24) is 0 Å². The Morgan fingerprint density at radius 3 is 1.67 bits per heavy atom. The lowest BCUT2D eigenvalue weighted by molar-refractivity contribution is 0.197. The van der Waals surface area contributed by atoms with Crippen LogP contribution in [-0.2, 0) is 4.43 Å². The maximum absolute atomic E-state index is 6.22. The van der Waals surface area contributed by atoms with Gasteiger partial charge < -0.3 is 4.43 Å². The summed E-state index contributed by atoms with van der Waals surface area (Å²) in [6.07, 6.45) is 12.0. The van der Waals surface area contributed by atoms with Crippen LogP contribution in [0.15, 0.2) is 0 Å². The average molecular weight is 222 g/mol. The Morgan fingerprint density at radius 2 is 1.40 bits per heavy atom. The van der Waals surface area contributed by atoms with Gasteiger partial charge in [0.25, 0.3) is 0 Å². The summed E-state index contributed by atoms with van der Waals surface area (Å²) in [5.74, 6) is 5.30. The standard InChI is InChI=1S/C13H22OSi/c1-6-11-13(12-7-2)14-15(8-3,9-4)10-5/h1-2,13H,8-12H2,3-5H3. The fourth-order valence-corrected chi connectivity index (χ4v) is 4.65. The molecule has 0 aliphatic carbocycles. The van der Waals surface area contributed by atoms with Crippen LogP contribution in [0.5, 0.6) is 0 Å². The van der Waals surface area contributed by atoms with Gasteiger partial charge in [-0.1, -0.05) is 20.8 Å². The van der Waals surface area contributed by atoms with Gasteiger partial charge in [0.05, 0.1) is 6.10 Å². The first-order valence-electron chi connectivity index (χ1n) is 5.72. The highest BCUT2D eigenvalue weighted by molar-refractivity contribution is 6.73. The van der Waals surface area contributed by atoms with Crippen molar-refractivity contribution in [2.75, 3.05) is 0 Å². The molecule has 0 radical (unpaired) electrons. The maximum Gasteiger partial charge on any atom is 0.192 e. The normalized spacial score (nSPS) is 11.1. The fraction of sp³-hybridized carbons (Fsp3) is 0.692. The highest BCUT2D eigenvalue weighted by Gasteiger charge is 2.31. The molecule has 2 heteroatoms. The van der Waals surface area contributed by atoms with Gasteiger partial charge in [0.15, 0.2) is 8.32 Å². The molecule has 1 nitrogen and oxygen atoms in total. The van der Waals surface area contributed by atoms with Gasteiger partial charge >= 0.3 is 0 Å². The quantitative estimate of drug-likeness (QED) is 0.474. The summed E-state index contributed by atoms with van der Waals surface area (Å²) >= 11 is 0. The zero-order valence-corrected chi connectivity index (χ0v) is 11.2. The van der Waals surface area contributed by atoms with Crippen LogP contribution in [0.3, 0.4) is 0 Å². The SMILES string of the molecule is C#CCC(CC#C)O[Si](CC)(CC)CC. The minimum atomic E-state index is -1.55. The van der Waals surface area contributed by atoms with Crippen molar-refractivity contribution in [3.63, 3.8) is 0 Å². The Morgan fingerprint density at radius 1 is 1.00 bits per heavy atom. The summed E-state index contributed by atoms with van der Waals surface area (Å²) in [4.78, 5) is 0. The zero-order valence-electron chi connectivity index (χ0n) is 10.2. The molecule has 0 aliphatic rings. The molecule has 0 amide bonds. The van der Waals surface area contributed by atoms with Gasteiger partial charge in [-0.15, -0.1) is 24.7 Å². The average Bonchev–Trinajstić information content (AvgIpc) is 2.27. The second-order valence-electron chi connectivity index (χ2n) is 3.80. The second kappa shape index (κ2) is 7.57. The molecular formula is C13H22OSi. The molecule has 0 N–H and O–H groups in total. The summed E-state index contributed by atoms with van der Waals surface area (Å²) in [5, 5.41) is 0. The lowest BCUT2D eigenvalue weighted by Crippen LogP contribution is -2.39. The third-order valence-electron chi connectivity index (χ3n) is 3.04. The van der Waals surface area contributed by atoms with Crippen LogP contribution in [-0.4, -0.2) is 14.4 Å². The van der Waals surface area contributed by atoms with E-state index in [1.54, 1.807) is 0 Å². The van der Waals surface area contributed by atoms with E-state index in [0.717, 1.165) is 18.1 Å².